The molecule has 0 aromatic carbocycles. The van der Waals surface area contributed by atoms with Crippen molar-refractivity contribution in [3.63, 3.8) is 0 Å². The molecule has 2 aliphatic heterocycles. The predicted molar refractivity (Wildman–Crippen MR) is 67.9 cm³/mol. The fourth-order valence-corrected chi connectivity index (χ4v) is 3.45. The lowest BCUT2D eigenvalue weighted by atomic mass is 9.90. The molecule has 3 nitrogen and oxygen atoms in total. The normalized spacial score (nSPS) is 43.7. The standard InChI is InChI=1S/C15H20O3/c1-8-6-13-12(10(3)15(16)18-13)7-14-11(8)5-4-9(2)17-14/h5,8-9,12-14H,3-4,6-7H2,1-2H3. The van der Waals surface area contributed by atoms with Gasteiger partial charge in [0.25, 0.3) is 0 Å². The van der Waals surface area contributed by atoms with Crippen molar-refractivity contribution < 1.29 is 14.3 Å². The van der Waals surface area contributed by atoms with Gasteiger partial charge in [0.1, 0.15) is 6.10 Å². The van der Waals surface area contributed by atoms with Crippen LogP contribution in [0.15, 0.2) is 23.8 Å². The number of ether oxygens (including phenoxy) is 2. The van der Waals surface area contributed by atoms with Crippen molar-refractivity contribution in [2.24, 2.45) is 11.8 Å². The fourth-order valence-electron chi connectivity index (χ4n) is 3.45. The van der Waals surface area contributed by atoms with E-state index in [4.69, 9.17) is 9.47 Å². The van der Waals surface area contributed by atoms with Crippen LogP contribution in [-0.4, -0.2) is 24.3 Å². The first-order valence-corrected chi connectivity index (χ1v) is 6.81. The molecule has 3 aliphatic rings. The Bertz CT molecular complexity index is 423. The summed E-state index contributed by atoms with van der Waals surface area (Å²) >= 11 is 0. The molecule has 0 aromatic rings. The Morgan fingerprint density at radius 1 is 1.33 bits per heavy atom. The third-order valence-corrected chi connectivity index (χ3v) is 4.49. The summed E-state index contributed by atoms with van der Waals surface area (Å²) < 4.78 is 11.5. The Labute approximate surface area is 108 Å². The van der Waals surface area contributed by atoms with E-state index >= 15 is 0 Å². The zero-order chi connectivity index (χ0) is 12.9. The van der Waals surface area contributed by atoms with Crippen LogP contribution in [0.25, 0.3) is 0 Å². The molecule has 1 saturated heterocycles. The predicted octanol–water partition coefficient (Wildman–Crippen LogP) is 2.62. The van der Waals surface area contributed by atoms with Crippen LogP contribution in [0.4, 0.5) is 0 Å². The first-order valence-electron chi connectivity index (χ1n) is 6.81. The second-order valence-corrected chi connectivity index (χ2v) is 5.82. The third kappa shape index (κ3) is 1.81. The molecular weight excluding hydrogens is 228 g/mol. The SMILES string of the molecule is C=C1C(=O)OC2CC(C)C3=CCC(C)OC3CC12. The Morgan fingerprint density at radius 2 is 2.11 bits per heavy atom. The Kier molecular flexibility index (Phi) is 2.81. The molecule has 5 unspecified atom stereocenters. The zero-order valence-corrected chi connectivity index (χ0v) is 11.0. The number of fused-ring (bicyclic) bond motifs is 2. The number of hydrogen-bond donors (Lipinski definition) is 0. The topological polar surface area (TPSA) is 35.5 Å². The molecule has 5 atom stereocenters. The van der Waals surface area contributed by atoms with Crippen molar-refractivity contribution in [2.75, 3.05) is 0 Å². The average Bonchev–Trinajstić information content (AvgIpc) is 2.51. The molecular formula is C15H20O3. The van der Waals surface area contributed by atoms with Crippen LogP contribution in [0.5, 0.6) is 0 Å². The molecule has 18 heavy (non-hydrogen) atoms. The lowest BCUT2D eigenvalue weighted by molar-refractivity contribution is -0.139. The van der Waals surface area contributed by atoms with Crippen molar-refractivity contribution >= 4 is 5.97 Å². The van der Waals surface area contributed by atoms with Gasteiger partial charge >= 0.3 is 5.97 Å². The maximum absolute atomic E-state index is 11.6. The number of carbonyl (C=O) groups is 1. The second kappa shape index (κ2) is 4.23. The first kappa shape index (κ1) is 12.0. The minimum Gasteiger partial charge on any atom is -0.458 e. The molecule has 1 aliphatic carbocycles. The summed E-state index contributed by atoms with van der Waals surface area (Å²) in [6.45, 7) is 8.20. The van der Waals surface area contributed by atoms with Crippen molar-refractivity contribution in [2.45, 2.75) is 51.4 Å². The maximum Gasteiger partial charge on any atom is 0.334 e. The zero-order valence-electron chi connectivity index (χ0n) is 11.0. The van der Waals surface area contributed by atoms with Gasteiger partial charge in [-0.3, -0.25) is 0 Å². The summed E-state index contributed by atoms with van der Waals surface area (Å²) in [5, 5.41) is 0. The minimum absolute atomic E-state index is 0.00501. The highest BCUT2D eigenvalue weighted by Crippen LogP contribution is 2.43. The van der Waals surface area contributed by atoms with Gasteiger partial charge in [0, 0.05) is 11.5 Å². The molecule has 0 amide bonds. The molecule has 2 fully saturated rings. The van der Waals surface area contributed by atoms with Crippen molar-refractivity contribution in [1.82, 2.24) is 0 Å². The van der Waals surface area contributed by atoms with Crippen molar-refractivity contribution in [3.05, 3.63) is 23.8 Å². The molecule has 0 N–H and O–H groups in total. The fraction of sp³-hybridized carbons (Fsp3) is 0.667. The first-order chi connectivity index (χ1) is 8.56. The molecule has 0 radical (unpaired) electrons. The highest BCUT2D eigenvalue weighted by molar-refractivity contribution is 5.90. The lowest BCUT2D eigenvalue weighted by Crippen LogP contribution is -2.29. The highest BCUT2D eigenvalue weighted by Gasteiger charge is 2.45. The van der Waals surface area contributed by atoms with Crippen LogP contribution >= 0.6 is 0 Å². The van der Waals surface area contributed by atoms with E-state index in [1.54, 1.807) is 0 Å². The quantitative estimate of drug-likeness (QED) is 0.375. The van der Waals surface area contributed by atoms with Crippen LogP contribution in [0, 0.1) is 11.8 Å². The summed E-state index contributed by atoms with van der Waals surface area (Å²) in [6, 6.07) is 0. The van der Waals surface area contributed by atoms with Gasteiger partial charge in [-0.2, -0.15) is 0 Å². The van der Waals surface area contributed by atoms with E-state index in [-0.39, 0.29) is 30.2 Å². The molecule has 98 valence electrons. The van der Waals surface area contributed by atoms with Crippen LogP contribution in [0.2, 0.25) is 0 Å². The summed E-state index contributed by atoms with van der Waals surface area (Å²) in [7, 11) is 0. The summed E-state index contributed by atoms with van der Waals surface area (Å²) in [4.78, 5) is 11.6. The van der Waals surface area contributed by atoms with Gasteiger partial charge in [-0.05, 0) is 37.7 Å². The van der Waals surface area contributed by atoms with E-state index < -0.39 is 0 Å². The van der Waals surface area contributed by atoms with E-state index in [1.807, 2.05) is 0 Å². The van der Waals surface area contributed by atoms with E-state index in [1.165, 1.54) is 5.57 Å². The number of esters is 1. The number of hydrogen-bond acceptors (Lipinski definition) is 3. The number of rotatable bonds is 0. The van der Waals surface area contributed by atoms with Gasteiger partial charge in [-0.15, -0.1) is 0 Å². The van der Waals surface area contributed by atoms with Gasteiger partial charge in [0.2, 0.25) is 0 Å². The summed E-state index contributed by atoms with van der Waals surface area (Å²) in [5.74, 6) is 0.353. The monoisotopic (exact) mass is 248 g/mol. The van der Waals surface area contributed by atoms with Crippen LogP contribution in [0.1, 0.15) is 33.1 Å². The largest absolute Gasteiger partial charge is 0.458 e. The summed E-state index contributed by atoms with van der Waals surface area (Å²) in [6.07, 6.45) is 5.48. The van der Waals surface area contributed by atoms with Crippen molar-refractivity contribution in [3.8, 4) is 0 Å². The van der Waals surface area contributed by atoms with E-state index in [0.29, 0.717) is 11.5 Å². The molecule has 0 spiro atoms. The Morgan fingerprint density at radius 3 is 2.89 bits per heavy atom. The smallest absolute Gasteiger partial charge is 0.334 e. The number of carbonyl (C=O) groups excluding carboxylic acids is 1. The summed E-state index contributed by atoms with van der Waals surface area (Å²) in [5.41, 5.74) is 2.03. The van der Waals surface area contributed by atoms with Crippen LogP contribution in [0.3, 0.4) is 0 Å². The maximum atomic E-state index is 11.6. The van der Waals surface area contributed by atoms with E-state index in [2.05, 4.69) is 26.5 Å². The highest BCUT2D eigenvalue weighted by atomic mass is 16.6. The molecule has 1 saturated carbocycles. The van der Waals surface area contributed by atoms with Gasteiger partial charge < -0.3 is 9.47 Å². The van der Waals surface area contributed by atoms with Crippen molar-refractivity contribution in [1.29, 1.82) is 0 Å². The average molecular weight is 248 g/mol. The molecule has 3 rings (SSSR count). The second-order valence-electron chi connectivity index (χ2n) is 5.82. The third-order valence-electron chi connectivity index (χ3n) is 4.49. The van der Waals surface area contributed by atoms with Gasteiger partial charge in [0.05, 0.1) is 12.2 Å². The molecule has 3 heteroatoms. The van der Waals surface area contributed by atoms with Crippen LogP contribution < -0.4 is 0 Å². The van der Waals surface area contributed by atoms with Crippen LogP contribution in [-0.2, 0) is 14.3 Å². The van der Waals surface area contributed by atoms with Gasteiger partial charge in [-0.25, -0.2) is 4.79 Å². The van der Waals surface area contributed by atoms with Gasteiger partial charge in [0.15, 0.2) is 0 Å². The molecule has 2 heterocycles. The lowest BCUT2D eigenvalue weighted by Gasteiger charge is -2.31. The van der Waals surface area contributed by atoms with Gasteiger partial charge in [-0.1, -0.05) is 19.6 Å². The van der Waals surface area contributed by atoms with E-state index in [0.717, 1.165) is 19.3 Å². The Balaban J connectivity index is 1.90. The molecule has 0 aromatic heterocycles. The van der Waals surface area contributed by atoms with E-state index in [9.17, 15) is 4.79 Å². The minimum atomic E-state index is -0.214. The Hall–Kier alpha value is -1.09. The molecule has 0 bridgehead atoms.